The Balaban J connectivity index is 1.31. The smallest absolute Gasteiger partial charge is 0.350 e. The van der Waals surface area contributed by atoms with Gasteiger partial charge in [-0.2, -0.15) is 0 Å². The summed E-state index contributed by atoms with van der Waals surface area (Å²) in [7, 11) is 0. The molecule has 0 atom stereocenters. The van der Waals surface area contributed by atoms with Gasteiger partial charge in [-0.05, 0) is 43.4 Å². The van der Waals surface area contributed by atoms with Crippen LogP contribution >= 0.6 is 11.3 Å². The monoisotopic (exact) mass is 366 g/mol. The Bertz CT molecular complexity index is 1160. The molecule has 1 N–H and O–H groups in total. The van der Waals surface area contributed by atoms with Crippen molar-refractivity contribution in [3.05, 3.63) is 51.6 Å². The van der Waals surface area contributed by atoms with Crippen LogP contribution in [0.4, 0.5) is 5.82 Å². The van der Waals surface area contributed by atoms with Gasteiger partial charge in [-0.3, -0.25) is 4.40 Å². The molecule has 5 rings (SSSR count). The van der Waals surface area contributed by atoms with Crippen LogP contribution in [0, 0.1) is 0 Å². The second-order valence-electron chi connectivity index (χ2n) is 6.47. The maximum Gasteiger partial charge on any atom is 0.350 e. The fourth-order valence-corrected chi connectivity index (χ4v) is 4.84. The number of fused-ring (bicyclic) bond motifs is 4. The topological polar surface area (TPSA) is 77.1 Å². The molecule has 0 bridgehead atoms. The van der Waals surface area contributed by atoms with Crippen molar-refractivity contribution in [1.29, 1.82) is 0 Å². The van der Waals surface area contributed by atoms with E-state index in [0.717, 1.165) is 36.5 Å². The van der Waals surface area contributed by atoms with E-state index in [9.17, 15) is 4.79 Å². The molecule has 0 spiro atoms. The van der Waals surface area contributed by atoms with Crippen molar-refractivity contribution < 1.29 is 0 Å². The van der Waals surface area contributed by atoms with E-state index in [-0.39, 0.29) is 5.69 Å². The zero-order valence-corrected chi connectivity index (χ0v) is 15.0. The summed E-state index contributed by atoms with van der Waals surface area (Å²) in [5, 5.41) is 8.98. The van der Waals surface area contributed by atoms with Crippen LogP contribution in [0.1, 0.15) is 23.3 Å². The minimum absolute atomic E-state index is 0.0966. The minimum Gasteiger partial charge on any atom is -0.369 e. The van der Waals surface area contributed by atoms with Crippen molar-refractivity contribution in [3.8, 4) is 0 Å². The van der Waals surface area contributed by atoms with Crippen LogP contribution in [0.3, 0.4) is 0 Å². The lowest BCUT2D eigenvalue weighted by molar-refractivity contribution is 0.572. The van der Waals surface area contributed by atoms with E-state index < -0.39 is 0 Å². The third-order valence-corrected chi connectivity index (χ3v) is 6.03. The number of aryl methyl sites for hydroxylation is 3. The minimum atomic E-state index is -0.0966. The van der Waals surface area contributed by atoms with Crippen LogP contribution in [0.15, 0.2) is 35.5 Å². The molecule has 0 aliphatic heterocycles. The molecule has 132 valence electrons. The Labute approximate surface area is 153 Å². The number of hydrogen-bond donors (Lipinski definition) is 1. The molecule has 7 nitrogen and oxygen atoms in total. The SMILES string of the molecule is O=c1n(CCCNc2ncnc3sc4c(c23)CCC4)nc2ccccn12. The summed E-state index contributed by atoms with van der Waals surface area (Å²) in [5.74, 6) is 0.914. The highest BCUT2D eigenvalue weighted by molar-refractivity contribution is 7.19. The molecule has 0 saturated heterocycles. The van der Waals surface area contributed by atoms with E-state index in [1.807, 2.05) is 18.2 Å². The highest BCUT2D eigenvalue weighted by Gasteiger charge is 2.20. The largest absolute Gasteiger partial charge is 0.369 e. The van der Waals surface area contributed by atoms with E-state index in [2.05, 4.69) is 20.4 Å². The quantitative estimate of drug-likeness (QED) is 0.549. The van der Waals surface area contributed by atoms with Gasteiger partial charge in [0.1, 0.15) is 17.0 Å². The third kappa shape index (κ3) is 2.48. The molecular formula is C18H18N6OS. The van der Waals surface area contributed by atoms with Crippen molar-refractivity contribution >= 4 is 33.0 Å². The first-order chi connectivity index (χ1) is 12.8. The molecule has 1 aliphatic rings. The molecule has 8 heteroatoms. The molecule has 26 heavy (non-hydrogen) atoms. The first kappa shape index (κ1) is 15.5. The van der Waals surface area contributed by atoms with Gasteiger partial charge in [0, 0.05) is 24.2 Å². The van der Waals surface area contributed by atoms with Gasteiger partial charge in [0.25, 0.3) is 0 Å². The molecule has 0 radical (unpaired) electrons. The van der Waals surface area contributed by atoms with Crippen molar-refractivity contribution in [2.45, 2.75) is 32.2 Å². The second kappa shape index (κ2) is 6.21. The van der Waals surface area contributed by atoms with Crippen molar-refractivity contribution in [2.75, 3.05) is 11.9 Å². The summed E-state index contributed by atoms with van der Waals surface area (Å²) in [6, 6.07) is 5.56. The molecule has 0 amide bonds. The Morgan fingerprint density at radius 3 is 3.12 bits per heavy atom. The lowest BCUT2D eigenvalue weighted by atomic mass is 10.2. The van der Waals surface area contributed by atoms with Crippen LogP contribution < -0.4 is 11.0 Å². The molecule has 4 heterocycles. The number of nitrogens with zero attached hydrogens (tertiary/aromatic N) is 5. The van der Waals surface area contributed by atoms with Gasteiger partial charge in [-0.1, -0.05) is 6.07 Å². The summed E-state index contributed by atoms with van der Waals surface area (Å²) >= 11 is 1.79. The lowest BCUT2D eigenvalue weighted by Crippen LogP contribution is -2.22. The molecule has 0 unspecified atom stereocenters. The Morgan fingerprint density at radius 1 is 1.23 bits per heavy atom. The van der Waals surface area contributed by atoms with Gasteiger partial charge in [0.2, 0.25) is 0 Å². The fourth-order valence-electron chi connectivity index (χ4n) is 3.61. The van der Waals surface area contributed by atoms with Crippen LogP contribution in [0.25, 0.3) is 15.9 Å². The van der Waals surface area contributed by atoms with E-state index in [4.69, 9.17) is 0 Å². The van der Waals surface area contributed by atoms with Crippen LogP contribution in [0.2, 0.25) is 0 Å². The predicted octanol–water partition coefficient (Wildman–Crippen LogP) is 2.49. The van der Waals surface area contributed by atoms with Crippen molar-refractivity contribution in [1.82, 2.24) is 24.1 Å². The number of pyridine rings is 1. The lowest BCUT2D eigenvalue weighted by Gasteiger charge is -2.07. The molecular weight excluding hydrogens is 348 g/mol. The number of rotatable bonds is 5. The van der Waals surface area contributed by atoms with Crippen molar-refractivity contribution in [2.24, 2.45) is 0 Å². The van der Waals surface area contributed by atoms with Gasteiger partial charge in [-0.25, -0.2) is 19.4 Å². The van der Waals surface area contributed by atoms with Crippen LogP contribution in [0.5, 0.6) is 0 Å². The van der Waals surface area contributed by atoms with Gasteiger partial charge in [0.05, 0.1) is 5.39 Å². The summed E-state index contributed by atoms with van der Waals surface area (Å²) in [6.45, 7) is 1.31. The average molecular weight is 366 g/mol. The van der Waals surface area contributed by atoms with E-state index >= 15 is 0 Å². The first-order valence-electron chi connectivity index (χ1n) is 8.84. The van der Waals surface area contributed by atoms with E-state index in [1.165, 1.54) is 26.9 Å². The highest BCUT2D eigenvalue weighted by Crippen LogP contribution is 2.38. The number of nitrogens with one attached hydrogen (secondary N) is 1. The molecule has 0 fully saturated rings. The maximum atomic E-state index is 12.3. The number of aromatic nitrogens is 5. The second-order valence-corrected chi connectivity index (χ2v) is 7.56. The fraction of sp³-hybridized carbons (Fsp3) is 0.333. The van der Waals surface area contributed by atoms with Crippen LogP contribution in [-0.4, -0.2) is 30.7 Å². The Kier molecular flexibility index (Phi) is 3.70. The first-order valence-corrected chi connectivity index (χ1v) is 9.66. The van der Waals surface area contributed by atoms with E-state index in [0.29, 0.717) is 12.2 Å². The molecule has 1 aliphatic carbocycles. The summed E-state index contributed by atoms with van der Waals surface area (Å²) in [4.78, 5) is 23.7. The van der Waals surface area contributed by atoms with Crippen molar-refractivity contribution in [3.63, 3.8) is 0 Å². The summed E-state index contributed by atoms with van der Waals surface area (Å²) in [6.07, 6.45) is 7.67. The van der Waals surface area contributed by atoms with Gasteiger partial charge < -0.3 is 5.32 Å². The number of anilines is 1. The van der Waals surface area contributed by atoms with Gasteiger partial charge in [-0.15, -0.1) is 16.4 Å². The standard InChI is InChI=1S/C18H18N6OS/c25-18-23-9-2-1-7-14(23)22-24(18)10-4-8-19-16-15-12-5-3-6-13(12)26-17(15)21-11-20-16/h1-2,7,9,11H,3-6,8,10H2,(H,19,20,21). The van der Waals surface area contributed by atoms with Gasteiger partial charge in [0.15, 0.2) is 5.65 Å². The predicted molar refractivity (Wildman–Crippen MR) is 102 cm³/mol. The zero-order chi connectivity index (χ0) is 17.5. The Morgan fingerprint density at radius 2 is 2.19 bits per heavy atom. The summed E-state index contributed by atoms with van der Waals surface area (Å²) < 4.78 is 3.09. The summed E-state index contributed by atoms with van der Waals surface area (Å²) in [5.41, 5.74) is 2.00. The van der Waals surface area contributed by atoms with E-state index in [1.54, 1.807) is 28.3 Å². The number of hydrogen-bond acceptors (Lipinski definition) is 6. The third-order valence-electron chi connectivity index (χ3n) is 4.83. The molecule has 0 saturated carbocycles. The van der Waals surface area contributed by atoms with Gasteiger partial charge >= 0.3 is 5.69 Å². The normalized spacial score (nSPS) is 13.5. The molecule has 4 aromatic heterocycles. The van der Waals surface area contributed by atoms with Crippen LogP contribution in [-0.2, 0) is 19.4 Å². The highest BCUT2D eigenvalue weighted by atomic mass is 32.1. The average Bonchev–Trinajstić information content (AvgIpc) is 3.33. The maximum absolute atomic E-state index is 12.3. The number of thiophene rings is 1. The Hall–Kier alpha value is -2.74. The molecule has 0 aromatic carbocycles. The zero-order valence-electron chi connectivity index (χ0n) is 14.2. The molecule has 4 aromatic rings.